The van der Waals surface area contributed by atoms with Gasteiger partial charge in [0.15, 0.2) is 5.16 Å². The first-order chi connectivity index (χ1) is 8.17. The summed E-state index contributed by atoms with van der Waals surface area (Å²) >= 11 is 1.27. The van der Waals surface area contributed by atoms with Gasteiger partial charge in [0.25, 0.3) is 5.56 Å². The van der Waals surface area contributed by atoms with Gasteiger partial charge in [-0.15, -0.1) is 0 Å². The Morgan fingerprint density at radius 3 is 2.88 bits per heavy atom. The van der Waals surface area contributed by atoms with Gasteiger partial charge in [-0.2, -0.15) is 0 Å². The quantitative estimate of drug-likeness (QED) is 0.791. The number of anilines is 1. The van der Waals surface area contributed by atoms with Crippen LogP contribution in [0.25, 0.3) is 0 Å². The second-order valence-corrected chi connectivity index (χ2v) is 4.30. The zero-order valence-electron chi connectivity index (χ0n) is 9.39. The van der Waals surface area contributed by atoms with Crippen molar-refractivity contribution in [2.45, 2.75) is 17.1 Å². The summed E-state index contributed by atoms with van der Waals surface area (Å²) in [5, 5.41) is 4.08. The minimum absolute atomic E-state index is 0.169. The van der Waals surface area contributed by atoms with Gasteiger partial charge in [0, 0.05) is 18.8 Å². The van der Waals surface area contributed by atoms with Crippen molar-refractivity contribution < 1.29 is 0 Å². The lowest BCUT2D eigenvalue weighted by Crippen LogP contribution is -2.08. The average molecular weight is 249 g/mol. The van der Waals surface area contributed by atoms with E-state index in [1.54, 1.807) is 26.4 Å². The summed E-state index contributed by atoms with van der Waals surface area (Å²) in [4.78, 5) is 26.4. The Morgan fingerprint density at radius 1 is 1.35 bits per heavy atom. The van der Waals surface area contributed by atoms with Crippen LogP contribution in [0.5, 0.6) is 0 Å². The Morgan fingerprint density at radius 2 is 2.18 bits per heavy atom. The molecule has 0 unspecified atom stereocenters. The molecule has 88 valence electrons. The third-order valence-corrected chi connectivity index (χ3v) is 2.71. The predicted molar refractivity (Wildman–Crippen MR) is 65.3 cm³/mol. The van der Waals surface area contributed by atoms with Crippen molar-refractivity contribution in [3.05, 3.63) is 34.5 Å². The van der Waals surface area contributed by atoms with E-state index in [9.17, 15) is 4.79 Å². The Hall–Kier alpha value is -1.89. The number of hydrogen-bond acceptors (Lipinski definition) is 6. The zero-order valence-corrected chi connectivity index (χ0v) is 10.2. The summed E-state index contributed by atoms with van der Waals surface area (Å²) in [6, 6.07) is 1.44. The lowest BCUT2D eigenvalue weighted by atomic mass is 10.5. The van der Waals surface area contributed by atoms with E-state index >= 15 is 0 Å². The number of nitrogens with zero attached hydrogens (tertiary/aromatic N) is 3. The number of aromatic amines is 1. The lowest BCUT2D eigenvalue weighted by molar-refractivity contribution is 0.900. The van der Waals surface area contributed by atoms with Gasteiger partial charge in [0.2, 0.25) is 0 Å². The highest BCUT2D eigenvalue weighted by Gasteiger charge is 2.04. The molecular weight excluding hydrogens is 238 g/mol. The van der Waals surface area contributed by atoms with Crippen LogP contribution >= 0.6 is 11.8 Å². The summed E-state index contributed by atoms with van der Waals surface area (Å²) in [6.07, 6.45) is 3.24. The van der Waals surface area contributed by atoms with Gasteiger partial charge in [0.1, 0.15) is 10.8 Å². The molecule has 6 nitrogen and oxygen atoms in total. The van der Waals surface area contributed by atoms with Crippen LogP contribution in [-0.2, 0) is 0 Å². The number of aromatic nitrogens is 4. The zero-order chi connectivity index (χ0) is 12.3. The van der Waals surface area contributed by atoms with Crippen LogP contribution in [0.3, 0.4) is 0 Å². The van der Waals surface area contributed by atoms with Gasteiger partial charge < -0.3 is 10.3 Å². The van der Waals surface area contributed by atoms with Crippen LogP contribution in [0, 0.1) is 6.92 Å². The smallest absolute Gasteiger partial charge is 0.251 e. The van der Waals surface area contributed by atoms with Gasteiger partial charge in [-0.25, -0.2) is 9.97 Å². The van der Waals surface area contributed by atoms with E-state index < -0.39 is 0 Å². The Bertz CT molecular complexity index is 583. The van der Waals surface area contributed by atoms with E-state index in [4.69, 9.17) is 0 Å². The summed E-state index contributed by atoms with van der Waals surface area (Å²) in [5.74, 6) is 0.671. The maximum Gasteiger partial charge on any atom is 0.251 e. The molecule has 0 atom stereocenters. The molecule has 0 aromatic carbocycles. The Labute approximate surface area is 102 Å². The maximum absolute atomic E-state index is 11.3. The summed E-state index contributed by atoms with van der Waals surface area (Å²) in [6.45, 7) is 1.77. The highest BCUT2D eigenvalue weighted by molar-refractivity contribution is 7.99. The van der Waals surface area contributed by atoms with E-state index in [-0.39, 0.29) is 5.56 Å². The molecule has 0 bridgehead atoms. The highest BCUT2D eigenvalue weighted by atomic mass is 32.2. The van der Waals surface area contributed by atoms with Gasteiger partial charge >= 0.3 is 0 Å². The lowest BCUT2D eigenvalue weighted by Gasteiger charge is -2.02. The summed E-state index contributed by atoms with van der Waals surface area (Å²) in [5.41, 5.74) is 0.506. The average Bonchev–Trinajstić information content (AvgIpc) is 2.28. The number of hydrogen-bond donors (Lipinski definition) is 2. The molecule has 2 aromatic heterocycles. The topological polar surface area (TPSA) is 83.6 Å². The first-order valence-corrected chi connectivity index (χ1v) is 5.74. The van der Waals surface area contributed by atoms with Crippen LogP contribution in [-0.4, -0.2) is 27.0 Å². The molecular formula is C10H11N5OS. The van der Waals surface area contributed by atoms with Crippen LogP contribution < -0.4 is 10.9 Å². The molecule has 7 heteroatoms. The predicted octanol–water partition coefficient (Wildman–Crippen LogP) is 1.06. The normalized spacial score (nSPS) is 10.2. The molecule has 0 radical (unpaired) electrons. The van der Waals surface area contributed by atoms with Crippen molar-refractivity contribution in [2.24, 2.45) is 0 Å². The van der Waals surface area contributed by atoms with Crippen LogP contribution in [0.1, 0.15) is 5.69 Å². The maximum atomic E-state index is 11.3. The first kappa shape index (κ1) is 11.6. The molecule has 0 aliphatic carbocycles. The van der Waals surface area contributed by atoms with Crippen LogP contribution in [0.4, 0.5) is 5.82 Å². The minimum Gasteiger partial charge on any atom is -0.372 e. The fourth-order valence-electron chi connectivity index (χ4n) is 1.22. The van der Waals surface area contributed by atoms with Crippen molar-refractivity contribution >= 4 is 17.6 Å². The summed E-state index contributed by atoms with van der Waals surface area (Å²) in [7, 11) is 1.77. The van der Waals surface area contributed by atoms with E-state index in [1.807, 2.05) is 0 Å². The molecule has 0 spiro atoms. The van der Waals surface area contributed by atoms with Crippen molar-refractivity contribution in [2.75, 3.05) is 12.4 Å². The second kappa shape index (κ2) is 4.96. The highest BCUT2D eigenvalue weighted by Crippen LogP contribution is 2.21. The van der Waals surface area contributed by atoms with Crippen LogP contribution in [0.15, 0.2) is 33.4 Å². The fourth-order valence-corrected chi connectivity index (χ4v) is 2.01. The van der Waals surface area contributed by atoms with Gasteiger partial charge in [-0.05, 0) is 18.7 Å². The molecule has 2 heterocycles. The largest absolute Gasteiger partial charge is 0.372 e. The number of rotatable bonds is 3. The number of H-pyrrole nitrogens is 1. The molecule has 0 saturated heterocycles. The molecule has 17 heavy (non-hydrogen) atoms. The van der Waals surface area contributed by atoms with Gasteiger partial charge in [-0.1, -0.05) is 0 Å². The van der Waals surface area contributed by atoms with Crippen LogP contribution in [0.2, 0.25) is 0 Å². The third-order valence-electron chi connectivity index (χ3n) is 1.92. The Kier molecular flexibility index (Phi) is 3.38. The Balaban J connectivity index is 2.27. The fraction of sp³-hybridized carbons (Fsp3) is 0.200. The number of nitrogens with one attached hydrogen (secondary N) is 2. The molecule has 0 aliphatic rings. The van der Waals surface area contributed by atoms with Gasteiger partial charge in [-0.3, -0.25) is 9.78 Å². The molecule has 0 fully saturated rings. The molecule has 0 aliphatic heterocycles. The van der Waals surface area contributed by atoms with Crippen molar-refractivity contribution in [3.63, 3.8) is 0 Å². The van der Waals surface area contributed by atoms with E-state index in [0.29, 0.717) is 21.7 Å². The summed E-state index contributed by atoms with van der Waals surface area (Å²) < 4.78 is 0. The minimum atomic E-state index is -0.169. The van der Waals surface area contributed by atoms with E-state index in [2.05, 4.69) is 25.3 Å². The molecule has 2 N–H and O–H groups in total. The SMILES string of the molecule is CNc1cncc(Sc2nc(C)cc(=O)[nH]2)n1. The van der Waals surface area contributed by atoms with Crippen molar-refractivity contribution in [1.29, 1.82) is 0 Å². The standard InChI is InChI=1S/C10H11N5OS/c1-6-3-8(16)15-10(13-6)17-9-5-12-4-7(11-2)14-9/h3-5H,1-2H3,(H,11,14)(H,13,15,16). The third kappa shape index (κ3) is 3.04. The molecule has 2 aromatic rings. The molecule has 0 amide bonds. The van der Waals surface area contributed by atoms with E-state index in [0.717, 1.165) is 0 Å². The number of aryl methyl sites for hydroxylation is 1. The van der Waals surface area contributed by atoms with E-state index in [1.165, 1.54) is 17.8 Å². The molecule has 2 rings (SSSR count). The van der Waals surface area contributed by atoms with Gasteiger partial charge in [0.05, 0.1) is 12.4 Å². The first-order valence-electron chi connectivity index (χ1n) is 4.93. The van der Waals surface area contributed by atoms with Crippen molar-refractivity contribution in [3.8, 4) is 0 Å². The monoisotopic (exact) mass is 249 g/mol. The molecule has 0 saturated carbocycles. The van der Waals surface area contributed by atoms with Crippen molar-refractivity contribution in [1.82, 2.24) is 19.9 Å². The second-order valence-electron chi connectivity index (χ2n) is 3.29.